The van der Waals surface area contributed by atoms with E-state index in [1.807, 2.05) is 11.8 Å². The van der Waals surface area contributed by atoms with Crippen LogP contribution < -0.4 is 0 Å². The minimum Gasteiger partial charge on any atom is -0.389 e. The summed E-state index contributed by atoms with van der Waals surface area (Å²) in [5.41, 5.74) is 0. The average Bonchev–Trinajstić information content (AvgIpc) is 2.65. The number of aliphatic hydroxyl groups is 1. The molecule has 0 heterocycles. The van der Waals surface area contributed by atoms with E-state index in [-0.39, 0.29) is 6.10 Å². The summed E-state index contributed by atoms with van der Waals surface area (Å²) in [6.07, 6.45) is 5.73. The lowest BCUT2D eigenvalue weighted by atomic mass is 10.2. The average molecular weight is 233 g/mol. The van der Waals surface area contributed by atoms with Crippen molar-refractivity contribution in [2.45, 2.75) is 36.7 Å². The summed E-state index contributed by atoms with van der Waals surface area (Å²) >= 11 is 1.95. The maximum Gasteiger partial charge on any atom is 0.0900 e. The second kappa shape index (κ2) is 6.74. The Balaban J connectivity index is 2.35. The van der Waals surface area contributed by atoms with Gasteiger partial charge in [0.25, 0.3) is 0 Å². The molecule has 1 fully saturated rings. The van der Waals surface area contributed by atoms with Crippen molar-refractivity contribution < 1.29 is 9.84 Å². The standard InChI is InChI=1S/C11H23NO2S/c1-12(7-9(13)8-14-2)10-5-4-6-11(10)15-3/h9-11,13H,4-8H2,1-3H3. The van der Waals surface area contributed by atoms with Crippen LogP contribution >= 0.6 is 11.8 Å². The maximum atomic E-state index is 9.67. The van der Waals surface area contributed by atoms with Gasteiger partial charge < -0.3 is 9.84 Å². The van der Waals surface area contributed by atoms with Crippen LogP contribution in [0.25, 0.3) is 0 Å². The van der Waals surface area contributed by atoms with Gasteiger partial charge in [0, 0.05) is 24.9 Å². The van der Waals surface area contributed by atoms with Crippen molar-refractivity contribution in [1.29, 1.82) is 0 Å². The molecule has 0 spiro atoms. The normalized spacial score (nSPS) is 28.6. The molecule has 0 aromatic carbocycles. The summed E-state index contributed by atoms with van der Waals surface area (Å²) in [4.78, 5) is 2.29. The number of aliphatic hydroxyl groups excluding tert-OH is 1. The summed E-state index contributed by atoms with van der Waals surface area (Å²) in [5.74, 6) is 0. The Morgan fingerprint density at radius 1 is 1.53 bits per heavy atom. The van der Waals surface area contributed by atoms with Gasteiger partial charge in [-0.05, 0) is 26.1 Å². The molecule has 0 aliphatic heterocycles. The Bertz CT molecular complexity index is 180. The molecule has 0 radical (unpaired) electrons. The lowest BCUT2D eigenvalue weighted by molar-refractivity contribution is 0.0353. The number of thioether (sulfide) groups is 1. The van der Waals surface area contributed by atoms with Crippen LogP contribution in [0.3, 0.4) is 0 Å². The molecule has 0 aromatic rings. The van der Waals surface area contributed by atoms with Gasteiger partial charge in [0.05, 0.1) is 12.7 Å². The van der Waals surface area contributed by atoms with Crippen LogP contribution in [0.1, 0.15) is 19.3 Å². The van der Waals surface area contributed by atoms with Gasteiger partial charge in [0.2, 0.25) is 0 Å². The SMILES string of the molecule is COCC(O)CN(C)C1CCCC1SC. The molecular formula is C11H23NO2S. The molecule has 4 heteroatoms. The van der Waals surface area contributed by atoms with Gasteiger partial charge in [-0.3, -0.25) is 4.90 Å². The molecule has 0 saturated heterocycles. The number of likely N-dealkylation sites (N-methyl/N-ethyl adjacent to an activating group) is 1. The monoisotopic (exact) mass is 233 g/mol. The van der Waals surface area contributed by atoms with Gasteiger partial charge in [0.1, 0.15) is 0 Å². The van der Waals surface area contributed by atoms with Crippen LogP contribution in [0.15, 0.2) is 0 Å². The van der Waals surface area contributed by atoms with E-state index < -0.39 is 0 Å². The molecule has 3 unspecified atom stereocenters. The van der Waals surface area contributed by atoms with Crippen LogP contribution in [-0.4, -0.2) is 61.0 Å². The fraction of sp³-hybridized carbons (Fsp3) is 1.00. The van der Waals surface area contributed by atoms with Gasteiger partial charge in [-0.2, -0.15) is 11.8 Å². The Kier molecular flexibility index (Phi) is 5.97. The van der Waals surface area contributed by atoms with E-state index in [0.717, 1.165) is 11.8 Å². The third kappa shape index (κ3) is 3.94. The van der Waals surface area contributed by atoms with Crippen molar-refractivity contribution in [3.63, 3.8) is 0 Å². The first kappa shape index (κ1) is 13.3. The first-order valence-corrected chi connectivity index (χ1v) is 6.87. The van der Waals surface area contributed by atoms with Crippen molar-refractivity contribution in [2.75, 3.05) is 33.6 Å². The summed E-state index contributed by atoms with van der Waals surface area (Å²) in [6.45, 7) is 1.15. The van der Waals surface area contributed by atoms with Gasteiger partial charge in [0.15, 0.2) is 0 Å². The maximum absolute atomic E-state index is 9.67. The number of methoxy groups -OCH3 is 1. The number of rotatable bonds is 6. The summed E-state index contributed by atoms with van der Waals surface area (Å²) in [7, 11) is 3.74. The van der Waals surface area contributed by atoms with E-state index in [0.29, 0.717) is 12.6 Å². The first-order valence-electron chi connectivity index (χ1n) is 5.59. The Hall–Kier alpha value is 0.230. The zero-order chi connectivity index (χ0) is 11.3. The molecule has 15 heavy (non-hydrogen) atoms. The van der Waals surface area contributed by atoms with Gasteiger partial charge in [-0.25, -0.2) is 0 Å². The zero-order valence-electron chi connectivity index (χ0n) is 9.98. The largest absolute Gasteiger partial charge is 0.389 e. The minimum absolute atomic E-state index is 0.358. The van der Waals surface area contributed by atoms with Crippen LogP contribution in [-0.2, 0) is 4.74 Å². The zero-order valence-corrected chi connectivity index (χ0v) is 10.8. The molecule has 1 N–H and O–H groups in total. The molecule has 90 valence electrons. The summed E-state index contributed by atoms with van der Waals surface area (Å²) in [5, 5.41) is 10.4. The highest BCUT2D eigenvalue weighted by Crippen LogP contribution is 2.31. The lowest BCUT2D eigenvalue weighted by Gasteiger charge is -2.30. The molecule has 0 amide bonds. The molecule has 0 bridgehead atoms. The fourth-order valence-electron chi connectivity index (χ4n) is 2.40. The second-order valence-corrected chi connectivity index (χ2v) is 5.40. The van der Waals surface area contributed by atoms with Gasteiger partial charge in [-0.15, -0.1) is 0 Å². The van der Waals surface area contributed by atoms with Crippen LogP contribution in [0.2, 0.25) is 0 Å². The highest BCUT2D eigenvalue weighted by Gasteiger charge is 2.30. The smallest absolute Gasteiger partial charge is 0.0900 e. The van der Waals surface area contributed by atoms with Crippen molar-refractivity contribution in [3.8, 4) is 0 Å². The second-order valence-electron chi connectivity index (χ2n) is 4.32. The summed E-state index contributed by atoms with van der Waals surface area (Å²) in [6, 6.07) is 0.631. The van der Waals surface area contributed by atoms with Crippen molar-refractivity contribution in [3.05, 3.63) is 0 Å². The number of hydrogen-bond donors (Lipinski definition) is 1. The molecular weight excluding hydrogens is 210 g/mol. The van der Waals surface area contributed by atoms with Gasteiger partial charge in [-0.1, -0.05) is 6.42 Å². The molecule has 0 aromatic heterocycles. The van der Waals surface area contributed by atoms with E-state index >= 15 is 0 Å². The van der Waals surface area contributed by atoms with Crippen molar-refractivity contribution in [2.24, 2.45) is 0 Å². The number of ether oxygens (including phenoxy) is 1. The highest BCUT2D eigenvalue weighted by atomic mass is 32.2. The molecule has 1 rings (SSSR count). The Labute approximate surface area is 97.2 Å². The van der Waals surface area contributed by atoms with Crippen LogP contribution in [0, 0.1) is 0 Å². The first-order chi connectivity index (χ1) is 7.19. The van der Waals surface area contributed by atoms with Crippen molar-refractivity contribution in [1.82, 2.24) is 4.90 Å². The van der Waals surface area contributed by atoms with Crippen LogP contribution in [0.5, 0.6) is 0 Å². The molecule has 1 aliphatic rings. The predicted molar refractivity (Wildman–Crippen MR) is 65.5 cm³/mol. The quantitative estimate of drug-likeness (QED) is 0.747. The third-order valence-corrected chi connectivity index (χ3v) is 4.30. The van der Waals surface area contributed by atoms with E-state index in [1.165, 1.54) is 19.3 Å². The molecule has 1 saturated carbocycles. The molecule has 3 atom stereocenters. The number of nitrogens with zero attached hydrogens (tertiary/aromatic N) is 1. The predicted octanol–water partition coefficient (Wildman–Crippen LogP) is 1.21. The van der Waals surface area contributed by atoms with Crippen LogP contribution in [0.4, 0.5) is 0 Å². The molecule has 3 nitrogen and oxygen atoms in total. The van der Waals surface area contributed by atoms with Gasteiger partial charge >= 0.3 is 0 Å². The third-order valence-electron chi connectivity index (χ3n) is 3.14. The minimum atomic E-state index is -0.358. The number of hydrogen-bond acceptors (Lipinski definition) is 4. The van der Waals surface area contributed by atoms with E-state index in [2.05, 4.69) is 18.2 Å². The highest BCUT2D eigenvalue weighted by molar-refractivity contribution is 7.99. The van der Waals surface area contributed by atoms with E-state index in [4.69, 9.17) is 4.74 Å². The topological polar surface area (TPSA) is 32.7 Å². The Morgan fingerprint density at radius 2 is 2.27 bits per heavy atom. The van der Waals surface area contributed by atoms with Crippen molar-refractivity contribution >= 4 is 11.8 Å². The Morgan fingerprint density at radius 3 is 2.87 bits per heavy atom. The molecule has 1 aliphatic carbocycles. The fourth-order valence-corrected chi connectivity index (χ4v) is 3.46. The van der Waals surface area contributed by atoms with E-state index in [9.17, 15) is 5.11 Å². The lowest BCUT2D eigenvalue weighted by Crippen LogP contribution is -2.41. The van der Waals surface area contributed by atoms with E-state index in [1.54, 1.807) is 7.11 Å². The summed E-state index contributed by atoms with van der Waals surface area (Å²) < 4.78 is 4.94.